The normalized spacial score (nSPS) is 25.7. The first kappa shape index (κ1) is 16.0. The third kappa shape index (κ3) is 3.91. The molecule has 3 rings (SSSR count). The van der Waals surface area contributed by atoms with E-state index in [1.54, 1.807) is 11.3 Å². The minimum Gasteiger partial charge on any atom is -0.372 e. The molecule has 0 radical (unpaired) electrons. The molecule has 0 N–H and O–H groups in total. The van der Waals surface area contributed by atoms with Crippen molar-refractivity contribution in [3.8, 4) is 0 Å². The number of amides is 1. The van der Waals surface area contributed by atoms with Crippen LogP contribution in [0, 0.1) is 0 Å². The second-order valence-corrected chi connectivity index (χ2v) is 8.07. The van der Waals surface area contributed by atoms with Crippen LogP contribution in [0.3, 0.4) is 0 Å². The maximum absolute atomic E-state index is 12.3. The zero-order valence-corrected chi connectivity index (χ0v) is 14.7. The number of hydrogen-bond acceptors (Lipinski definition) is 7. The van der Waals surface area contributed by atoms with Crippen molar-refractivity contribution in [2.45, 2.75) is 43.2 Å². The van der Waals surface area contributed by atoms with Crippen LogP contribution in [0.1, 0.15) is 26.7 Å². The summed E-state index contributed by atoms with van der Waals surface area (Å²) in [6, 6.07) is 0. The Hall–Kier alpha value is -0.860. The van der Waals surface area contributed by atoms with Crippen LogP contribution in [-0.4, -0.2) is 65.1 Å². The molecule has 2 fully saturated rings. The molecule has 2 aliphatic rings. The van der Waals surface area contributed by atoms with Crippen LogP contribution in [-0.2, 0) is 9.53 Å². The predicted octanol–water partition coefficient (Wildman–Crippen LogP) is 1.87. The standard InChI is InChI=1S/C14H22N4O2S2/c1-10-7-18(8-11(2)20-10)12(19)9-21-14-16-15-13(22-14)17-5-3-4-6-17/h10-11H,3-9H2,1-2H3. The van der Waals surface area contributed by atoms with Gasteiger partial charge in [0.25, 0.3) is 0 Å². The summed E-state index contributed by atoms with van der Waals surface area (Å²) in [7, 11) is 0. The van der Waals surface area contributed by atoms with Crippen LogP contribution in [0.4, 0.5) is 5.13 Å². The number of hydrogen-bond donors (Lipinski definition) is 0. The largest absolute Gasteiger partial charge is 0.372 e. The summed E-state index contributed by atoms with van der Waals surface area (Å²) in [5.41, 5.74) is 0. The van der Waals surface area contributed by atoms with E-state index in [2.05, 4.69) is 15.1 Å². The van der Waals surface area contributed by atoms with Gasteiger partial charge >= 0.3 is 0 Å². The molecule has 2 saturated heterocycles. The summed E-state index contributed by atoms with van der Waals surface area (Å²) >= 11 is 3.08. The van der Waals surface area contributed by atoms with E-state index < -0.39 is 0 Å². The fourth-order valence-electron chi connectivity index (χ4n) is 2.89. The van der Waals surface area contributed by atoms with Crippen LogP contribution in [0.2, 0.25) is 0 Å². The molecule has 0 saturated carbocycles. The Morgan fingerprint density at radius 3 is 2.64 bits per heavy atom. The molecular weight excluding hydrogens is 320 g/mol. The molecule has 122 valence electrons. The Morgan fingerprint density at radius 2 is 1.95 bits per heavy atom. The topological polar surface area (TPSA) is 58.6 Å². The Bertz CT molecular complexity index is 509. The summed E-state index contributed by atoms with van der Waals surface area (Å²) in [6.45, 7) is 7.52. The van der Waals surface area contributed by atoms with Gasteiger partial charge in [0.2, 0.25) is 11.0 Å². The van der Waals surface area contributed by atoms with Gasteiger partial charge in [0, 0.05) is 26.2 Å². The van der Waals surface area contributed by atoms with Crippen molar-refractivity contribution >= 4 is 34.1 Å². The molecule has 1 aromatic heterocycles. The lowest BCUT2D eigenvalue weighted by molar-refractivity contribution is -0.140. The number of nitrogens with zero attached hydrogens (tertiary/aromatic N) is 4. The van der Waals surface area contributed by atoms with Crippen molar-refractivity contribution in [2.24, 2.45) is 0 Å². The first-order valence-corrected chi connectivity index (χ1v) is 9.56. The maximum atomic E-state index is 12.3. The third-order valence-corrected chi connectivity index (χ3v) is 5.97. The highest BCUT2D eigenvalue weighted by atomic mass is 32.2. The van der Waals surface area contributed by atoms with Crippen molar-refractivity contribution in [1.29, 1.82) is 0 Å². The average molecular weight is 342 g/mol. The summed E-state index contributed by atoms with van der Waals surface area (Å²) in [4.78, 5) is 16.5. The minimum atomic E-state index is 0.112. The minimum absolute atomic E-state index is 0.112. The van der Waals surface area contributed by atoms with Crippen molar-refractivity contribution in [3.05, 3.63) is 0 Å². The van der Waals surface area contributed by atoms with Gasteiger partial charge in [0.05, 0.1) is 18.0 Å². The molecule has 2 atom stereocenters. The first-order valence-electron chi connectivity index (χ1n) is 7.76. The molecule has 0 spiro atoms. The zero-order chi connectivity index (χ0) is 15.5. The second kappa shape index (κ2) is 7.14. The predicted molar refractivity (Wildman–Crippen MR) is 88.7 cm³/mol. The Labute approximate surface area is 139 Å². The van der Waals surface area contributed by atoms with Gasteiger partial charge in [0.15, 0.2) is 4.34 Å². The molecule has 1 aromatic rings. The van der Waals surface area contributed by atoms with Crippen LogP contribution >= 0.6 is 23.1 Å². The number of aromatic nitrogens is 2. The Kier molecular flexibility index (Phi) is 5.20. The van der Waals surface area contributed by atoms with Gasteiger partial charge in [0.1, 0.15) is 0 Å². The van der Waals surface area contributed by atoms with Crippen LogP contribution in [0.15, 0.2) is 4.34 Å². The lowest BCUT2D eigenvalue weighted by Crippen LogP contribution is -2.48. The van der Waals surface area contributed by atoms with E-state index in [1.165, 1.54) is 24.6 Å². The number of carbonyl (C=O) groups is 1. The van der Waals surface area contributed by atoms with E-state index in [4.69, 9.17) is 4.74 Å². The quantitative estimate of drug-likeness (QED) is 0.779. The number of anilines is 1. The Balaban J connectivity index is 1.50. The van der Waals surface area contributed by atoms with Gasteiger partial charge in [-0.25, -0.2) is 0 Å². The third-order valence-electron chi connectivity index (χ3n) is 3.86. The molecule has 22 heavy (non-hydrogen) atoms. The summed E-state index contributed by atoms with van der Waals surface area (Å²) in [5.74, 6) is 0.582. The number of ether oxygens (including phenoxy) is 1. The monoisotopic (exact) mass is 342 g/mol. The van der Waals surface area contributed by atoms with E-state index in [9.17, 15) is 4.79 Å². The maximum Gasteiger partial charge on any atom is 0.233 e. The van der Waals surface area contributed by atoms with E-state index in [0.29, 0.717) is 18.8 Å². The lowest BCUT2D eigenvalue weighted by Gasteiger charge is -2.35. The molecule has 2 aliphatic heterocycles. The molecule has 0 aliphatic carbocycles. The fourth-order valence-corrected chi connectivity index (χ4v) is 4.69. The van der Waals surface area contributed by atoms with E-state index >= 15 is 0 Å². The van der Waals surface area contributed by atoms with Gasteiger partial charge < -0.3 is 14.5 Å². The smallest absolute Gasteiger partial charge is 0.233 e. The molecule has 8 heteroatoms. The number of morpholine rings is 1. The molecule has 2 unspecified atom stereocenters. The van der Waals surface area contributed by atoms with Crippen LogP contribution in [0.5, 0.6) is 0 Å². The van der Waals surface area contributed by atoms with Crippen molar-refractivity contribution in [1.82, 2.24) is 15.1 Å². The summed E-state index contributed by atoms with van der Waals surface area (Å²) < 4.78 is 6.54. The van der Waals surface area contributed by atoms with Gasteiger partial charge in [-0.15, -0.1) is 10.2 Å². The highest BCUT2D eigenvalue weighted by Gasteiger charge is 2.26. The number of thioether (sulfide) groups is 1. The molecular formula is C14H22N4O2S2. The molecule has 0 bridgehead atoms. The number of carbonyl (C=O) groups excluding carboxylic acids is 1. The molecule has 0 aromatic carbocycles. The molecule has 1 amide bonds. The van der Waals surface area contributed by atoms with Gasteiger partial charge in [-0.05, 0) is 26.7 Å². The summed E-state index contributed by atoms with van der Waals surface area (Å²) in [5, 5.41) is 9.43. The highest BCUT2D eigenvalue weighted by Crippen LogP contribution is 2.30. The SMILES string of the molecule is CC1CN(C(=O)CSc2nnc(N3CCCC3)s2)CC(C)O1. The highest BCUT2D eigenvalue weighted by molar-refractivity contribution is 8.01. The fraction of sp³-hybridized carbons (Fsp3) is 0.786. The molecule has 6 nitrogen and oxygen atoms in total. The zero-order valence-electron chi connectivity index (χ0n) is 13.0. The van der Waals surface area contributed by atoms with E-state index in [1.807, 2.05) is 18.7 Å². The van der Waals surface area contributed by atoms with Crippen LogP contribution in [0.25, 0.3) is 0 Å². The van der Waals surface area contributed by atoms with Crippen molar-refractivity contribution < 1.29 is 9.53 Å². The van der Waals surface area contributed by atoms with E-state index in [-0.39, 0.29) is 18.1 Å². The molecule has 3 heterocycles. The van der Waals surface area contributed by atoms with Gasteiger partial charge in [-0.2, -0.15) is 0 Å². The Morgan fingerprint density at radius 1 is 1.27 bits per heavy atom. The van der Waals surface area contributed by atoms with Crippen molar-refractivity contribution in [2.75, 3.05) is 36.8 Å². The second-order valence-electron chi connectivity index (χ2n) is 5.89. The van der Waals surface area contributed by atoms with E-state index in [0.717, 1.165) is 22.6 Å². The number of rotatable bonds is 4. The van der Waals surface area contributed by atoms with Crippen molar-refractivity contribution in [3.63, 3.8) is 0 Å². The lowest BCUT2D eigenvalue weighted by atomic mass is 10.2. The summed E-state index contributed by atoms with van der Waals surface area (Å²) in [6.07, 6.45) is 2.68. The van der Waals surface area contributed by atoms with Gasteiger partial charge in [-0.1, -0.05) is 23.1 Å². The average Bonchev–Trinajstić information content (AvgIpc) is 3.14. The van der Waals surface area contributed by atoms with Crippen LogP contribution < -0.4 is 4.90 Å². The first-order chi connectivity index (χ1) is 10.6. The van der Waals surface area contributed by atoms with Gasteiger partial charge in [-0.3, -0.25) is 4.79 Å².